The summed E-state index contributed by atoms with van der Waals surface area (Å²) in [7, 11) is -4.09. The average Bonchev–Trinajstić information content (AvgIpc) is 2.83. The van der Waals surface area contributed by atoms with E-state index in [1.165, 1.54) is 36.4 Å². The Kier molecular flexibility index (Phi) is 6.77. The smallest absolute Gasteiger partial charge is 0.267 e. The Hall–Kier alpha value is -3.94. The number of carbonyl (C=O) groups is 2. The Morgan fingerprint density at radius 1 is 0.824 bits per heavy atom. The Morgan fingerprint density at radius 3 is 2.32 bits per heavy atom. The van der Waals surface area contributed by atoms with E-state index in [4.69, 9.17) is 11.6 Å². The number of benzene rings is 4. The number of anilines is 1. The number of carbonyl (C=O) groups excluding carboxylic acids is 2. The van der Waals surface area contributed by atoms with Gasteiger partial charge in [0.25, 0.3) is 15.9 Å². The van der Waals surface area contributed by atoms with Crippen LogP contribution in [0.1, 0.15) is 15.9 Å². The maximum atomic E-state index is 12.8. The zero-order valence-electron chi connectivity index (χ0n) is 17.7. The van der Waals surface area contributed by atoms with Gasteiger partial charge >= 0.3 is 0 Å². The minimum absolute atomic E-state index is 0.0455. The first-order chi connectivity index (χ1) is 16.3. The highest BCUT2D eigenvalue weighted by Gasteiger charge is 2.21. The Morgan fingerprint density at radius 2 is 1.53 bits per heavy atom. The third-order valence-corrected chi connectivity index (χ3v) is 6.58. The minimum atomic E-state index is -4.09. The van der Waals surface area contributed by atoms with Gasteiger partial charge in [0.2, 0.25) is 5.91 Å². The topological polar surface area (TPSA) is 92.3 Å². The van der Waals surface area contributed by atoms with Crippen LogP contribution in [0.15, 0.2) is 102 Å². The molecular weight excluding hydrogens is 472 g/mol. The molecule has 4 aromatic carbocycles. The van der Waals surface area contributed by atoms with Crippen LogP contribution in [0, 0.1) is 0 Å². The molecule has 0 heterocycles. The molecule has 0 aliphatic heterocycles. The van der Waals surface area contributed by atoms with Crippen molar-refractivity contribution in [2.75, 3.05) is 5.32 Å². The predicted octanol–water partition coefficient (Wildman–Crippen LogP) is 5.26. The van der Waals surface area contributed by atoms with Crippen molar-refractivity contribution in [3.63, 3.8) is 0 Å². The van der Waals surface area contributed by atoms with Crippen molar-refractivity contribution in [3.05, 3.63) is 113 Å². The van der Waals surface area contributed by atoms with E-state index in [9.17, 15) is 18.0 Å². The zero-order valence-corrected chi connectivity index (χ0v) is 19.3. The molecule has 0 atom stereocenters. The lowest BCUT2D eigenvalue weighted by Gasteiger charge is -2.12. The summed E-state index contributed by atoms with van der Waals surface area (Å²) >= 11 is 6.05. The molecule has 0 unspecified atom stereocenters. The fourth-order valence-electron chi connectivity index (χ4n) is 3.39. The molecule has 8 heteroatoms. The van der Waals surface area contributed by atoms with Crippen molar-refractivity contribution in [2.24, 2.45) is 0 Å². The maximum Gasteiger partial charge on any atom is 0.267 e. The fourth-order valence-corrected chi connectivity index (χ4v) is 4.55. The molecule has 2 amide bonds. The molecule has 4 rings (SSSR count). The van der Waals surface area contributed by atoms with Gasteiger partial charge in [0.1, 0.15) is 0 Å². The molecule has 0 aliphatic carbocycles. The summed E-state index contributed by atoms with van der Waals surface area (Å²) < 4.78 is 27.1. The summed E-state index contributed by atoms with van der Waals surface area (Å²) in [5.74, 6) is -1.40. The number of amides is 2. The summed E-state index contributed by atoms with van der Waals surface area (Å²) in [6.45, 7) is 0. The van der Waals surface area contributed by atoms with Gasteiger partial charge < -0.3 is 5.32 Å². The molecular formula is C26H19ClN2O4S. The summed E-state index contributed by atoms with van der Waals surface area (Å²) in [6, 6.07) is 25.2. The molecule has 6 nitrogen and oxygen atoms in total. The number of hydrogen-bond acceptors (Lipinski definition) is 4. The van der Waals surface area contributed by atoms with Gasteiger partial charge in [0.15, 0.2) is 0 Å². The van der Waals surface area contributed by atoms with Crippen LogP contribution >= 0.6 is 11.6 Å². The van der Waals surface area contributed by atoms with Crippen LogP contribution in [-0.4, -0.2) is 20.2 Å². The Bertz CT molecular complexity index is 1510. The highest BCUT2D eigenvalue weighted by atomic mass is 35.5. The van der Waals surface area contributed by atoms with Gasteiger partial charge in [-0.2, -0.15) is 0 Å². The molecule has 0 spiro atoms. The van der Waals surface area contributed by atoms with Gasteiger partial charge in [-0.05, 0) is 52.7 Å². The van der Waals surface area contributed by atoms with Crippen LogP contribution in [0.4, 0.5) is 5.69 Å². The third kappa shape index (κ3) is 5.33. The number of halogens is 1. The molecule has 0 aliphatic rings. The van der Waals surface area contributed by atoms with E-state index in [0.717, 1.165) is 16.3 Å². The number of hydrogen-bond donors (Lipinski definition) is 2. The maximum absolute atomic E-state index is 12.8. The van der Waals surface area contributed by atoms with Crippen molar-refractivity contribution in [1.82, 2.24) is 4.72 Å². The van der Waals surface area contributed by atoms with E-state index in [-0.39, 0.29) is 21.2 Å². The van der Waals surface area contributed by atoms with E-state index in [1.54, 1.807) is 24.3 Å². The van der Waals surface area contributed by atoms with Gasteiger partial charge in [-0.3, -0.25) is 9.59 Å². The summed E-state index contributed by atoms with van der Waals surface area (Å²) in [4.78, 5) is 25.3. The van der Waals surface area contributed by atoms with Crippen LogP contribution in [-0.2, 0) is 14.8 Å². The Labute approximate surface area is 201 Å². The van der Waals surface area contributed by atoms with Crippen LogP contribution in [0.3, 0.4) is 0 Å². The van der Waals surface area contributed by atoms with Gasteiger partial charge in [0, 0.05) is 11.1 Å². The van der Waals surface area contributed by atoms with Crippen molar-refractivity contribution < 1.29 is 18.0 Å². The van der Waals surface area contributed by atoms with Crippen LogP contribution in [0.25, 0.3) is 16.8 Å². The molecule has 34 heavy (non-hydrogen) atoms. The predicted molar refractivity (Wildman–Crippen MR) is 134 cm³/mol. The molecule has 0 saturated carbocycles. The molecule has 0 aromatic heterocycles. The SMILES string of the molecule is O=C(/C=C/c1cccc2ccccc12)Nc1cc(Cl)ccc1C(=O)NS(=O)(=O)c1ccccc1. The fraction of sp³-hybridized carbons (Fsp3) is 0. The zero-order chi connectivity index (χ0) is 24.1. The van der Waals surface area contributed by atoms with Crippen molar-refractivity contribution in [1.29, 1.82) is 0 Å². The van der Waals surface area contributed by atoms with Crippen molar-refractivity contribution >= 4 is 56.0 Å². The van der Waals surface area contributed by atoms with Gasteiger partial charge in [-0.15, -0.1) is 0 Å². The van der Waals surface area contributed by atoms with Gasteiger partial charge in [-0.1, -0.05) is 72.3 Å². The highest BCUT2D eigenvalue weighted by Crippen LogP contribution is 2.23. The van der Waals surface area contributed by atoms with E-state index >= 15 is 0 Å². The lowest BCUT2D eigenvalue weighted by atomic mass is 10.0. The summed E-state index contributed by atoms with van der Waals surface area (Å²) in [5, 5.41) is 4.91. The van der Waals surface area contributed by atoms with Crippen molar-refractivity contribution in [3.8, 4) is 0 Å². The molecule has 170 valence electrons. The quantitative estimate of drug-likeness (QED) is 0.360. The number of fused-ring (bicyclic) bond motifs is 1. The third-order valence-electron chi connectivity index (χ3n) is 5.00. The van der Waals surface area contributed by atoms with Crippen LogP contribution in [0.2, 0.25) is 5.02 Å². The second kappa shape index (κ2) is 9.91. The number of sulfonamides is 1. The molecule has 0 bridgehead atoms. The molecule has 0 saturated heterocycles. The van der Waals surface area contributed by atoms with Crippen LogP contribution in [0.5, 0.6) is 0 Å². The number of nitrogens with one attached hydrogen (secondary N) is 2. The first-order valence-corrected chi connectivity index (χ1v) is 12.1. The standard InChI is InChI=1S/C26H19ClN2O4S/c27-20-14-15-23(26(31)29-34(32,33)21-10-2-1-3-11-21)24(17-20)28-25(30)16-13-19-9-6-8-18-7-4-5-12-22(18)19/h1-17H,(H,28,30)(H,29,31)/b16-13+. The first kappa shape index (κ1) is 23.2. The van der Waals surface area contributed by atoms with Crippen molar-refractivity contribution in [2.45, 2.75) is 4.90 Å². The first-order valence-electron chi connectivity index (χ1n) is 10.2. The molecule has 0 fully saturated rings. The monoisotopic (exact) mass is 490 g/mol. The Balaban J connectivity index is 1.55. The lowest BCUT2D eigenvalue weighted by molar-refractivity contribution is -0.111. The number of rotatable bonds is 6. The van der Waals surface area contributed by atoms with E-state index in [0.29, 0.717) is 0 Å². The summed E-state index contributed by atoms with van der Waals surface area (Å²) in [6.07, 6.45) is 3.01. The second-order valence-corrected chi connectivity index (χ2v) is 9.45. The van der Waals surface area contributed by atoms with Gasteiger partial charge in [-0.25, -0.2) is 13.1 Å². The summed E-state index contributed by atoms with van der Waals surface area (Å²) in [5.41, 5.74) is 0.892. The molecule has 4 aromatic rings. The normalized spacial score (nSPS) is 11.4. The van der Waals surface area contributed by atoms with E-state index < -0.39 is 21.8 Å². The lowest BCUT2D eigenvalue weighted by Crippen LogP contribution is -2.31. The van der Waals surface area contributed by atoms with Gasteiger partial charge in [0.05, 0.1) is 16.1 Å². The minimum Gasteiger partial charge on any atom is -0.322 e. The highest BCUT2D eigenvalue weighted by molar-refractivity contribution is 7.90. The molecule has 2 N–H and O–H groups in total. The molecule has 0 radical (unpaired) electrons. The van der Waals surface area contributed by atoms with Crippen LogP contribution < -0.4 is 10.0 Å². The van der Waals surface area contributed by atoms with E-state index in [2.05, 4.69) is 5.32 Å². The second-order valence-electron chi connectivity index (χ2n) is 7.33. The largest absolute Gasteiger partial charge is 0.322 e. The van der Waals surface area contributed by atoms with E-state index in [1.807, 2.05) is 47.2 Å². The average molecular weight is 491 g/mol.